The van der Waals surface area contributed by atoms with Crippen molar-refractivity contribution in [2.75, 3.05) is 5.32 Å². The van der Waals surface area contributed by atoms with Crippen molar-refractivity contribution in [1.82, 2.24) is 24.5 Å². The van der Waals surface area contributed by atoms with Gasteiger partial charge in [-0.05, 0) is 63.3 Å². The molecule has 0 spiro atoms. The van der Waals surface area contributed by atoms with Crippen LogP contribution in [0.15, 0.2) is 42.6 Å². The summed E-state index contributed by atoms with van der Waals surface area (Å²) >= 11 is 0. The Morgan fingerprint density at radius 2 is 1.85 bits per heavy atom. The number of carboxylic acids is 1. The van der Waals surface area contributed by atoms with Gasteiger partial charge < -0.3 is 19.7 Å². The standard InChI is InChI=1S/C28H29F3N6O3/c1-15(2)40-20-11-12-32-21(13-20)26-36-24-22(37(26)14-17-7-9-19(10-8-17)28(29,30)31)23(34-25(35-24)27(38)39)33-16(3)18-5-4-6-18/h7-13,15-16,18H,4-6,14H2,1-3H3,(H,38,39)(H,33,34,35). The molecule has 1 saturated carbocycles. The Morgan fingerprint density at radius 3 is 2.45 bits per heavy atom. The molecule has 4 aromatic rings. The Morgan fingerprint density at radius 1 is 1.12 bits per heavy atom. The predicted octanol–water partition coefficient (Wildman–Crippen LogP) is 6.04. The van der Waals surface area contributed by atoms with E-state index >= 15 is 0 Å². The number of anilines is 1. The van der Waals surface area contributed by atoms with Crippen molar-refractivity contribution in [3.8, 4) is 17.3 Å². The summed E-state index contributed by atoms with van der Waals surface area (Å²) < 4.78 is 47.1. The van der Waals surface area contributed by atoms with Crippen molar-refractivity contribution in [3.63, 3.8) is 0 Å². The quantitative estimate of drug-likeness (QED) is 0.257. The third kappa shape index (κ3) is 5.70. The number of hydrogen-bond donors (Lipinski definition) is 2. The van der Waals surface area contributed by atoms with Gasteiger partial charge in [0.1, 0.15) is 17.0 Å². The van der Waals surface area contributed by atoms with Crippen LogP contribution in [0.4, 0.5) is 19.0 Å². The number of nitrogens with zero attached hydrogens (tertiary/aromatic N) is 5. The second kappa shape index (κ2) is 10.7. The summed E-state index contributed by atoms with van der Waals surface area (Å²) in [5.41, 5.74) is 0.817. The fourth-order valence-corrected chi connectivity index (χ4v) is 4.72. The van der Waals surface area contributed by atoms with Crippen LogP contribution in [-0.4, -0.2) is 47.7 Å². The van der Waals surface area contributed by atoms with Gasteiger partial charge in [0, 0.05) is 24.8 Å². The summed E-state index contributed by atoms with van der Waals surface area (Å²) in [6.45, 7) is 5.92. The average Bonchev–Trinajstić information content (AvgIpc) is 3.21. The molecule has 0 saturated heterocycles. The predicted molar refractivity (Wildman–Crippen MR) is 142 cm³/mol. The third-order valence-corrected chi connectivity index (χ3v) is 6.97. The van der Waals surface area contributed by atoms with E-state index in [1.165, 1.54) is 12.1 Å². The van der Waals surface area contributed by atoms with E-state index in [0.29, 0.717) is 40.1 Å². The zero-order valence-electron chi connectivity index (χ0n) is 22.2. The summed E-state index contributed by atoms with van der Waals surface area (Å²) in [6, 6.07) is 8.29. The van der Waals surface area contributed by atoms with E-state index in [2.05, 4.69) is 25.3 Å². The summed E-state index contributed by atoms with van der Waals surface area (Å²) in [5.74, 6) is -0.0998. The lowest BCUT2D eigenvalue weighted by Gasteiger charge is -2.32. The second-order valence-corrected chi connectivity index (χ2v) is 10.3. The first-order valence-corrected chi connectivity index (χ1v) is 13.1. The number of benzene rings is 1. The van der Waals surface area contributed by atoms with Gasteiger partial charge in [-0.3, -0.25) is 4.98 Å². The van der Waals surface area contributed by atoms with Crippen LogP contribution >= 0.6 is 0 Å². The Labute approximate surface area is 228 Å². The van der Waals surface area contributed by atoms with Crippen molar-refractivity contribution in [2.24, 2.45) is 5.92 Å². The molecule has 3 aromatic heterocycles. The van der Waals surface area contributed by atoms with Crippen LogP contribution in [0.1, 0.15) is 61.8 Å². The summed E-state index contributed by atoms with van der Waals surface area (Å²) in [7, 11) is 0. The molecule has 1 unspecified atom stereocenters. The highest BCUT2D eigenvalue weighted by atomic mass is 19.4. The van der Waals surface area contributed by atoms with Gasteiger partial charge in [0.2, 0.25) is 5.82 Å². The topological polar surface area (TPSA) is 115 Å². The van der Waals surface area contributed by atoms with Gasteiger partial charge in [-0.1, -0.05) is 18.6 Å². The highest BCUT2D eigenvalue weighted by molar-refractivity contribution is 5.92. The first-order chi connectivity index (χ1) is 19.0. The van der Waals surface area contributed by atoms with E-state index in [-0.39, 0.29) is 24.3 Å². The number of halogens is 3. The number of aromatic carboxylic acids is 1. The van der Waals surface area contributed by atoms with E-state index in [9.17, 15) is 23.1 Å². The first kappa shape index (κ1) is 27.4. The van der Waals surface area contributed by atoms with Gasteiger partial charge in [0.25, 0.3) is 0 Å². The lowest BCUT2D eigenvalue weighted by molar-refractivity contribution is -0.137. The Balaban J connectivity index is 1.68. The number of ether oxygens (including phenoxy) is 1. The van der Waals surface area contributed by atoms with Gasteiger partial charge in [-0.2, -0.15) is 13.2 Å². The number of pyridine rings is 1. The number of carbonyl (C=O) groups is 1. The van der Waals surface area contributed by atoms with Crippen LogP contribution in [0.3, 0.4) is 0 Å². The molecule has 40 heavy (non-hydrogen) atoms. The van der Waals surface area contributed by atoms with E-state index in [4.69, 9.17) is 4.74 Å². The lowest BCUT2D eigenvalue weighted by Crippen LogP contribution is -2.31. The zero-order valence-corrected chi connectivity index (χ0v) is 22.2. The van der Waals surface area contributed by atoms with E-state index in [1.54, 1.807) is 22.9 Å². The number of carboxylic acid groups (broad SMARTS) is 1. The molecular weight excluding hydrogens is 525 g/mol. The summed E-state index contributed by atoms with van der Waals surface area (Å²) in [4.78, 5) is 29.5. The second-order valence-electron chi connectivity index (χ2n) is 10.3. The molecule has 0 radical (unpaired) electrons. The third-order valence-electron chi connectivity index (χ3n) is 6.97. The van der Waals surface area contributed by atoms with E-state index in [1.807, 2.05) is 20.8 Å². The molecule has 5 rings (SSSR count). The van der Waals surface area contributed by atoms with Crippen molar-refractivity contribution in [1.29, 1.82) is 0 Å². The first-order valence-electron chi connectivity index (χ1n) is 13.1. The van der Waals surface area contributed by atoms with Crippen molar-refractivity contribution >= 4 is 23.0 Å². The molecule has 1 aliphatic carbocycles. The molecule has 1 aromatic carbocycles. The Kier molecular flexibility index (Phi) is 7.35. The van der Waals surface area contributed by atoms with Crippen LogP contribution in [0.2, 0.25) is 0 Å². The van der Waals surface area contributed by atoms with Crippen LogP contribution < -0.4 is 10.1 Å². The van der Waals surface area contributed by atoms with E-state index in [0.717, 1.165) is 31.4 Å². The fourth-order valence-electron chi connectivity index (χ4n) is 4.72. The molecule has 1 atom stereocenters. The molecule has 9 nitrogen and oxygen atoms in total. The molecule has 210 valence electrons. The van der Waals surface area contributed by atoms with E-state index < -0.39 is 23.5 Å². The van der Waals surface area contributed by atoms with Crippen molar-refractivity contribution < 1.29 is 27.8 Å². The van der Waals surface area contributed by atoms with Gasteiger partial charge in [0.15, 0.2) is 17.3 Å². The maximum Gasteiger partial charge on any atom is 0.416 e. The molecule has 1 aliphatic rings. The molecule has 0 amide bonds. The maximum atomic E-state index is 13.2. The highest BCUT2D eigenvalue weighted by Crippen LogP contribution is 2.35. The molecule has 0 aliphatic heterocycles. The van der Waals surface area contributed by atoms with Gasteiger partial charge in [0.05, 0.1) is 11.7 Å². The van der Waals surface area contributed by atoms with Crippen LogP contribution in [0.5, 0.6) is 5.75 Å². The number of hydrogen-bond acceptors (Lipinski definition) is 7. The lowest BCUT2D eigenvalue weighted by atomic mass is 9.80. The normalized spacial score (nSPS) is 14.8. The summed E-state index contributed by atoms with van der Waals surface area (Å²) in [6.07, 6.45) is 0.262. The number of imidazole rings is 1. The highest BCUT2D eigenvalue weighted by Gasteiger charge is 2.31. The minimum atomic E-state index is -4.46. The minimum Gasteiger partial charge on any atom is -0.491 e. The molecule has 3 heterocycles. The monoisotopic (exact) mass is 554 g/mol. The molecule has 1 fully saturated rings. The van der Waals surface area contributed by atoms with Crippen molar-refractivity contribution in [3.05, 3.63) is 59.5 Å². The SMILES string of the molecule is CC(C)Oc1ccnc(-c2nc3nc(C(=O)O)nc(NC(C)C4CCC4)c3n2Cc2ccc(C(F)(F)F)cc2)c1. The van der Waals surface area contributed by atoms with Gasteiger partial charge >= 0.3 is 12.1 Å². The fraction of sp³-hybridized carbons (Fsp3) is 0.393. The smallest absolute Gasteiger partial charge is 0.416 e. The minimum absolute atomic E-state index is 0.00672. The zero-order chi connectivity index (χ0) is 28.6. The van der Waals surface area contributed by atoms with Crippen LogP contribution in [0, 0.1) is 5.92 Å². The molecule has 0 bridgehead atoms. The number of aromatic nitrogens is 5. The van der Waals surface area contributed by atoms with Crippen LogP contribution in [-0.2, 0) is 12.7 Å². The number of rotatable bonds is 9. The average molecular weight is 555 g/mol. The molecular formula is C28H29F3N6O3. The van der Waals surface area contributed by atoms with Crippen molar-refractivity contribution in [2.45, 2.75) is 64.9 Å². The Hall–Kier alpha value is -4.22. The Bertz CT molecular complexity index is 1530. The number of nitrogens with one attached hydrogen (secondary N) is 1. The number of fused-ring (bicyclic) bond motifs is 1. The number of alkyl halides is 3. The van der Waals surface area contributed by atoms with Gasteiger partial charge in [-0.25, -0.2) is 19.7 Å². The molecule has 2 N–H and O–H groups in total. The molecule has 12 heteroatoms. The van der Waals surface area contributed by atoms with Gasteiger partial charge in [-0.15, -0.1) is 0 Å². The summed E-state index contributed by atoms with van der Waals surface area (Å²) in [5, 5.41) is 13.1. The largest absolute Gasteiger partial charge is 0.491 e. The van der Waals surface area contributed by atoms with Crippen LogP contribution in [0.25, 0.3) is 22.7 Å². The maximum absolute atomic E-state index is 13.2.